The van der Waals surface area contributed by atoms with Crippen molar-refractivity contribution in [2.24, 2.45) is 35.0 Å². The first-order valence-electron chi connectivity index (χ1n) is 19.0. The number of aryl methyl sites for hydroxylation is 1. The third kappa shape index (κ3) is 6.56. The topological polar surface area (TPSA) is 128 Å². The number of rotatable bonds is 6. The van der Waals surface area contributed by atoms with Crippen LogP contribution in [-0.4, -0.2) is 69.7 Å². The van der Waals surface area contributed by atoms with Crippen LogP contribution >= 0.6 is 11.3 Å². The number of ether oxygens (including phenoxy) is 2. The molecule has 3 fully saturated rings. The molecule has 3 aromatic heterocycles. The number of carbonyl (C=O) groups excluding carboxylic acids is 3. The van der Waals surface area contributed by atoms with Gasteiger partial charge < -0.3 is 19.4 Å². The van der Waals surface area contributed by atoms with E-state index in [0.717, 1.165) is 62.6 Å². The molecule has 11 nitrogen and oxygen atoms in total. The fourth-order valence-electron chi connectivity index (χ4n) is 8.67. The van der Waals surface area contributed by atoms with Crippen LogP contribution in [0.25, 0.3) is 33.4 Å². The summed E-state index contributed by atoms with van der Waals surface area (Å²) in [6.45, 7) is 14.0. The molecule has 4 aliphatic rings. The predicted octanol–water partition coefficient (Wildman–Crippen LogP) is 5.96. The molecule has 2 aliphatic heterocycles. The molecule has 8 rings (SSSR count). The first kappa shape index (κ1) is 35.9. The number of nitrogens with zero attached hydrogens (tertiary/aromatic N) is 4. The molecular weight excluding hydrogens is 689 g/mol. The maximum absolute atomic E-state index is 14.2. The number of thiazole rings is 1. The molecule has 1 saturated heterocycles. The summed E-state index contributed by atoms with van der Waals surface area (Å²) in [6, 6.07) is 9.13. The highest BCUT2D eigenvalue weighted by Crippen LogP contribution is 2.47. The van der Waals surface area contributed by atoms with E-state index < -0.39 is 17.5 Å². The lowest BCUT2D eigenvalue weighted by Crippen LogP contribution is -2.61. The Morgan fingerprint density at radius 2 is 2.00 bits per heavy atom. The van der Waals surface area contributed by atoms with Crippen LogP contribution in [0.4, 0.5) is 0 Å². The molecule has 4 aromatic rings. The highest BCUT2D eigenvalue weighted by Gasteiger charge is 2.54. The number of amides is 2. The summed E-state index contributed by atoms with van der Waals surface area (Å²) in [4.78, 5) is 51.4. The Bertz CT molecular complexity index is 2080. The van der Waals surface area contributed by atoms with Crippen molar-refractivity contribution in [2.75, 3.05) is 20.3 Å². The van der Waals surface area contributed by atoms with Crippen LogP contribution < -0.4 is 10.7 Å². The number of methoxy groups -OCH3 is 1. The lowest BCUT2D eigenvalue weighted by atomic mass is 9.84. The minimum absolute atomic E-state index is 0.104. The average molecular weight is 739 g/mol. The van der Waals surface area contributed by atoms with Crippen molar-refractivity contribution in [2.45, 2.75) is 85.5 Å². The number of esters is 1. The van der Waals surface area contributed by atoms with Gasteiger partial charge in [-0.25, -0.2) is 10.4 Å². The van der Waals surface area contributed by atoms with Gasteiger partial charge in [-0.05, 0) is 80.2 Å². The number of hydrogen-bond donors (Lipinski definition) is 2. The number of aromatic nitrogens is 3. The van der Waals surface area contributed by atoms with Gasteiger partial charge in [0.05, 0.1) is 34.8 Å². The van der Waals surface area contributed by atoms with Crippen molar-refractivity contribution in [1.82, 2.24) is 30.3 Å². The molecule has 0 spiro atoms. The monoisotopic (exact) mass is 738 g/mol. The summed E-state index contributed by atoms with van der Waals surface area (Å²) in [5.74, 6) is 0.0498. The fraction of sp³-hybridized carbons (Fsp3) is 0.537. The molecule has 2 aliphatic carbocycles. The molecule has 1 aromatic carbocycles. The Hall–Kier alpha value is -4.13. The van der Waals surface area contributed by atoms with Crippen LogP contribution in [0, 0.1) is 35.0 Å². The second-order valence-electron chi connectivity index (χ2n) is 16.4. The van der Waals surface area contributed by atoms with Gasteiger partial charge in [0.2, 0.25) is 5.91 Å². The Kier molecular flexibility index (Phi) is 9.22. The molecular formula is C41H50N6O5S. The number of nitrogens with one attached hydrogen (secondary N) is 2. The number of cyclic esters (lactones) is 1. The molecule has 2 N–H and O–H groups in total. The van der Waals surface area contributed by atoms with Crippen LogP contribution in [-0.2, 0) is 43.2 Å². The number of carbonyl (C=O) groups is 3. The van der Waals surface area contributed by atoms with Gasteiger partial charge in [0, 0.05) is 71.6 Å². The second-order valence-corrected chi connectivity index (χ2v) is 17.4. The van der Waals surface area contributed by atoms with Gasteiger partial charge >= 0.3 is 5.97 Å². The Morgan fingerprint density at radius 1 is 1.21 bits per heavy atom. The molecule has 280 valence electrons. The molecule has 6 bridgehead atoms. The number of pyridine rings is 1. The van der Waals surface area contributed by atoms with Crippen LogP contribution in [0.1, 0.15) is 70.3 Å². The van der Waals surface area contributed by atoms with Gasteiger partial charge in [-0.1, -0.05) is 33.8 Å². The number of fused-ring (bicyclic) bond motifs is 8. The van der Waals surface area contributed by atoms with Crippen molar-refractivity contribution in [3.63, 3.8) is 0 Å². The van der Waals surface area contributed by atoms with E-state index in [-0.39, 0.29) is 66.5 Å². The van der Waals surface area contributed by atoms with E-state index in [1.165, 1.54) is 11.3 Å². The molecule has 12 heteroatoms. The van der Waals surface area contributed by atoms with E-state index in [2.05, 4.69) is 74.2 Å². The molecule has 53 heavy (non-hydrogen) atoms. The highest BCUT2D eigenvalue weighted by molar-refractivity contribution is 7.10. The first-order chi connectivity index (χ1) is 25.4. The van der Waals surface area contributed by atoms with Gasteiger partial charge in [0.15, 0.2) is 0 Å². The van der Waals surface area contributed by atoms with Crippen molar-refractivity contribution in [3.8, 4) is 22.5 Å². The van der Waals surface area contributed by atoms with E-state index in [1.807, 2.05) is 24.6 Å². The summed E-state index contributed by atoms with van der Waals surface area (Å²) in [5.41, 5.74) is 9.81. The Labute approximate surface area is 314 Å². The number of benzene rings is 1. The van der Waals surface area contributed by atoms with Gasteiger partial charge in [-0.15, -0.1) is 11.3 Å². The van der Waals surface area contributed by atoms with Crippen molar-refractivity contribution in [1.29, 1.82) is 0 Å². The van der Waals surface area contributed by atoms with Crippen LogP contribution in [0.3, 0.4) is 0 Å². The standard InChI is InChI=1S/C41H50N6O5S/c1-8-46-32-12-11-24-14-28(32)29(37(46)26-10-9-13-42-35(26)23(4)51-7)17-41(5,6)20-52-40(50)36-27-15-25(27)18-47(45-36)39(49)30(16-33-43-31(24)19-53-33)44-38(48)34-21(2)22(34)3/h9-14,19,21-23,25,27,30,34,36,45H,8,15-18,20H2,1-7H3,(H,44,48)/t21-,22+,23-,25+,27+,30-,34?,36-/m0/s1. The molecule has 0 radical (unpaired) electrons. The Balaban J connectivity index is 1.25. The summed E-state index contributed by atoms with van der Waals surface area (Å²) in [6.07, 6.45) is 3.33. The quantitative estimate of drug-likeness (QED) is 0.232. The lowest BCUT2D eigenvalue weighted by Gasteiger charge is -2.35. The van der Waals surface area contributed by atoms with Gasteiger partial charge in [0.1, 0.15) is 12.1 Å². The van der Waals surface area contributed by atoms with Crippen LogP contribution in [0.2, 0.25) is 0 Å². The van der Waals surface area contributed by atoms with Crippen LogP contribution in [0.15, 0.2) is 41.9 Å². The van der Waals surface area contributed by atoms with Gasteiger partial charge in [0.25, 0.3) is 5.91 Å². The number of hydrogen-bond acceptors (Lipinski definition) is 9. The fourth-order valence-corrected chi connectivity index (χ4v) is 9.52. The smallest absolute Gasteiger partial charge is 0.325 e. The third-order valence-corrected chi connectivity index (χ3v) is 13.1. The highest BCUT2D eigenvalue weighted by atomic mass is 32.1. The summed E-state index contributed by atoms with van der Waals surface area (Å²) < 4.78 is 14.3. The lowest BCUT2D eigenvalue weighted by molar-refractivity contribution is -0.156. The summed E-state index contributed by atoms with van der Waals surface area (Å²) in [7, 11) is 1.70. The molecule has 1 unspecified atom stereocenters. The maximum atomic E-state index is 14.2. The predicted molar refractivity (Wildman–Crippen MR) is 204 cm³/mol. The molecule has 8 atom stereocenters. The van der Waals surface area contributed by atoms with E-state index in [9.17, 15) is 14.4 Å². The van der Waals surface area contributed by atoms with E-state index in [4.69, 9.17) is 19.4 Å². The van der Waals surface area contributed by atoms with Crippen molar-refractivity contribution < 1.29 is 23.9 Å². The normalized spacial score (nSPS) is 28.5. The molecule has 2 saturated carbocycles. The minimum atomic E-state index is -0.822. The van der Waals surface area contributed by atoms with E-state index in [1.54, 1.807) is 12.1 Å². The molecule has 5 heterocycles. The zero-order valence-corrected chi connectivity index (χ0v) is 32.5. The van der Waals surface area contributed by atoms with Crippen LogP contribution in [0.5, 0.6) is 0 Å². The minimum Gasteiger partial charge on any atom is -0.464 e. The second kappa shape index (κ2) is 13.6. The molecule has 2 amide bonds. The van der Waals surface area contributed by atoms with Crippen molar-refractivity contribution >= 4 is 40.0 Å². The van der Waals surface area contributed by atoms with Gasteiger partial charge in [-0.2, -0.15) is 0 Å². The summed E-state index contributed by atoms with van der Waals surface area (Å²) in [5, 5.41) is 8.55. The first-order valence-corrected chi connectivity index (χ1v) is 19.9. The largest absolute Gasteiger partial charge is 0.464 e. The van der Waals surface area contributed by atoms with E-state index in [0.29, 0.717) is 13.0 Å². The van der Waals surface area contributed by atoms with Crippen molar-refractivity contribution in [3.05, 3.63) is 58.2 Å². The van der Waals surface area contributed by atoms with E-state index >= 15 is 0 Å². The maximum Gasteiger partial charge on any atom is 0.325 e. The average Bonchev–Trinajstić information content (AvgIpc) is 3.95. The number of hydrazine groups is 1. The van der Waals surface area contributed by atoms with Gasteiger partial charge in [-0.3, -0.25) is 24.4 Å². The zero-order chi connectivity index (χ0) is 37.3. The summed E-state index contributed by atoms with van der Waals surface area (Å²) >= 11 is 1.50. The zero-order valence-electron chi connectivity index (χ0n) is 31.6. The SMILES string of the molecule is CCn1c(-c2cccnc2[C@H](C)OC)c2c3cc(ccc31)-c1csc(n1)C[C@H](NC(=O)C1[C@@H](C)[C@H]1C)C(=O)N1C[C@H]3C[C@H]3[C@H](N1)C(=O)OCC(C)(C)C2. The third-order valence-electron chi connectivity index (χ3n) is 12.2. The Morgan fingerprint density at radius 3 is 2.74 bits per heavy atom.